The Morgan fingerprint density at radius 1 is 1.10 bits per heavy atom. The SMILES string of the molecule is CC(=O)N1Cc2ccc(C(O)CCN3CCN(c4nsc5ccccc45)CC3)cc2C1. The topological polar surface area (TPSA) is 59.9 Å². The number of benzene rings is 2. The second-order valence-electron chi connectivity index (χ2n) is 8.54. The lowest BCUT2D eigenvalue weighted by molar-refractivity contribution is -0.129. The Labute approximate surface area is 186 Å². The number of hydrogen-bond donors (Lipinski definition) is 1. The van der Waals surface area contributed by atoms with Gasteiger partial charge < -0.3 is 14.9 Å². The second kappa shape index (κ2) is 8.57. The van der Waals surface area contributed by atoms with E-state index in [-0.39, 0.29) is 5.91 Å². The Morgan fingerprint density at radius 2 is 1.87 bits per heavy atom. The van der Waals surface area contributed by atoms with Crippen LogP contribution in [0.1, 0.15) is 36.1 Å². The Morgan fingerprint density at radius 3 is 2.68 bits per heavy atom. The maximum absolute atomic E-state index is 11.6. The number of amides is 1. The van der Waals surface area contributed by atoms with Gasteiger partial charge in [-0.05, 0) is 46.8 Å². The van der Waals surface area contributed by atoms with Crippen molar-refractivity contribution < 1.29 is 9.90 Å². The van der Waals surface area contributed by atoms with Crippen LogP contribution in [0, 0.1) is 0 Å². The average molecular weight is 437 g/mol. The van der Waals surface area contributed by atoms with Gasteiger partial charge in [0.1, 0.15) is 5.82 Å². The number of aliphatic hydroxyl groups is 1. The number of rotatable bonds is 5. The number of nitrogens with zero attached hydrogens (tertiary/aromatic N) is 4. The highest BCUT2D eigenvalue weighted by Crippen LogP contribution is 2.30. The minimum absolute atomic E-state index is 0.100. The molecular weight excluding hydrogens is 408 g/mol. The van der Waals surface area contributed by atoms with Gasteiger partial charge in [0.05, 0.1) is 10.8 Å². The van der Waals surface area contributed by atoms with E-state index in [1.807, 2.05) is 11.0 Å². The summed E-state index contributed by atoms with van der Waals surface area (Å²) in [5.41, 5.74) is 3.31. The first kappa shape index (κ1) is 20.4. The van der Waals surface area contributed by atoms with E-state index in [4.69, 9.17) is 0 Å². The molecule has 2 aromatic carbocycles. The number of carbonyl (C=O) groups excluding carboxylic acids is 1. The third kappa shape index (κ3) is 4.18. The molecule has 5 rings (SSSR count). The van der Waals surface area contributed by atoms with Gasteiger partial charge >= 0.3 is 0 Å². The largest absolute Gasteiger partial charge is 0.388 e. The molecule has 162 valence electrons. The lowest BCUT2D eigenvalue weighted by Crippen LogP contribution is -2.47. The second-order valence-corrected chi connectivity index (χ2v) is 9.34. The maximum Gasteiger partial charge on any atom is 0.220 e. The van der Waals surface area contributed by atoms with Gasteiger partial charge in [0.15, 0.2) is 0 Å². The Balaban J connectivity index is 1.14. The Hall–Kier alpha value is -2.48. The molecule has 3 aromatic rings. The molecule has 0 spiro atoms. The van der Waals surface area contributed by atoms with E-state index < -0.39 is 6.10 Å². The van der Waals surface area contributed by atoms with Crippen LogP contribution in [0.4, 0.5) is 5.82 Å². The maximum atomic E-state index is 11.6. The van der Waals surface area contributed by atoms with E-state index >= 15 is 0 Å². The predicted molar refractivity (Wildman–Crippen MR) is 124 cm³/mol. The molecular formula is C24H28N4O2S. The minimum Gasteiger partial charge on any atom is -0.388 e. The first-order valence-corrected chi connectivity index (χ1v) is 11.7. The van der Waals surface area contributed by atoms with Crippen molar-refractivity contribution in [3.63, 3.8) is 0 Å². The quantitative estimate of drug-likeness (QED) is 0.664. The number of aromatic nitrogens is 1. The predicted octanol–water partition coefficient (Wildman–Crippen LogP) is 3.40. The van der Waals surface area contributed by atoms with Crippen molar-refractivity contribution in [3.8, 4) is 0 Å². The molecule has 1 unspecified atom stereocenters. The molecule has 3 heterocycles. The first-order valence-electron chi connectivity index (χ1n) is 11.0. The summed E-state index contributed by atoms with van der Waals surface area (Å²) in [5.74, 6) is 1.21. The molecule has 31 heavy (non-hydrogen) atoms. The number of aliphatic hydroxyl groups excluding tert-OH is 1. The molecule has 0 saturated carbocycles. The van der Waals surface area contributed by atoms with Crippen LogP contribution in [-0.2, 0) is 17.9 Å². The fourth-order valence-electron chi connectivity index (χ4n) is 4.60. The van der Waals surface area contributed by atoms with Crippen molar-refractivity contribution in [2.24, 2.45) is 0 Å². The van der Waals surface area contributed by atoms with Crippen LogP contribution < -0.4 is 4.90 Å². The normalized spacial score (nSPS) is 17.9. The monoisotopic (exact) mass is 436 g/mol. The highest BCUT2D eigenvalue weighted by Gasteiger charge is 2.24. The van der Waals surface area contributed by atoms with Crippen LogP contribution in [0.25, 0.3) is 10.1 Å². The summed E-state index contributed by atoms with van der Waals surface area (Å²) >= 11 is 1.57. The van der Waals surface area contributed by atoms with Crippen LogP contribution in [0.5, 0.6) is 0 Å². The number of fused-ring (bicyclic) bond motifs is 2. The van der Waals surface area contributed by atoms with Gasteiger partial charge in [0.25, 0.3) is 0 Å². The minimum atomic E-state index is -0.475. The van der Waals surface area contributed by atoms with Crippen molar-refractivity contribution in [1.29, 1.82) is 0 Å². The molecule has 0 radical (unpaired) electrons. The van der Waals surface area contributed by atoms with Crippen molar-refractivity contribution in [2.75, 3.05) is 37.6 Å². The van der Waals surface area contributed by atoms with Gasteiger partial charge in [-0.3, -0.25) is 9.69 Å². The molecule has 1 atom stereocenters. The number of anilines is 1. The van der Waals surface area contributed by atoms with E-state index in [2.05, 4.69) is 50.6 Å². The zero-order chi connectivity index (χ0) is 21.4. The molecule has 6 nitrogen and oxygen atoms in total. The average Bonchev–Trinajstić information content (AvgIpc) is 3.42. The summed E-state index contributed by atoms with van der Waals surface area (Å²) in [5, 5.41) is 12.0. The van der Waals surface area contributed by atoms with Gasteiger partial charge in [-0.15, -0.1) is 0 Å². The van der Waals surface area contributed by atoms with Crippen molar-refractivity contribution >= 4 is 33.3 Å². The van der Waals surface area contributed by atoms with E-state index in [9.17, 15) is 9.90 Å². The molecule has 1 aromatic heterocycles. The smallest absolute Gasteiger partial charge is 0.220 e. The summed E-state index contributed by atoms with van der Waals surface area (Å²) in [7, 11) is 0. The zero-order valence-electron chi connectivity index (χ0n) is 17.8. The molecule has 1 fully saturated rings. The van der Waals surface area contributed by atoms with Crippen molar-refractivity contribution in [1.82, 2.24) is 14.2 Å². The standard InChI is InChI=1S/C24H28N4O2S/c1-17(29)28-15-19-7-6-18(14-20(19)16-28)22(30)8-9-26-10-12-27(13-11-26)24-21-4-2-3-5-23(21)31-25-24/h2-7,14,22,30H,8-13,15-16H2,1H3. The van der Waals surface area contributed by atoms with Gasteiger partial charge in [0, 0.05) is 58.1 Å². The molecule has 1 N–H and O–H groups in total. The van der Waals surface area contributed by atoms with Gasteiger partial charge in [0.2, 0.25) is 5.91 Å². The van der Waals surface area contributed by atoms with Crippen LogP contribution in [0.3, 0.4) is 0 Å². The van der Waals surface area contributed by atoms with E-state index in [0.29, 0.717) is 13.1 Å². The van der Waals surface area contributed by atoms with E-state index in [1.54, 1.807) is 18.5 Å². The summed E-state index contributed by atoms with van der Waals surface area (Å²) < 4.78 is 5.93. The molecule has 1 amide bonds. The molecule has 2 aliphatic heterocycles. The molecule has 7 heteroatoms. The first-order chi connectivity index (χ1) is 15.1. The summed E-state index contributed by atoms with van der Waals surface area (Å²) in [4.78, 5) is 18.3. The molecule has 2 aliphatic rings. The third-order valence-electron chi connectivity index (χ3n) is 6.53. The van der Waals surface area contributed by atoms with Crippen LogP contribution in [0.2, 0.25) is 0 Å². The van der Waals surface area contributed by atoms with Crippen molar-refractivity contribution in [2.45, 2.75) is 32.5 Å². The molecule has 0 bridgehead atoms. The van der Waals surface area contributed by atoms with Crippen LogP contribution >= 0.6 is 11.5 Å². The highest BCUT2D eigenvalue weighted by molar-refractivity contribution is 7.13. The lowest BCUT2D eigenvalue weighted by Gasteiger charge is -2.35. The summed E-state index contributed by atoms with van der Waals surface area (Å²) in [6.07, 6.45) is 0.242. The van der Waals surface area contributed by atoms with Crippen LogP contribution in [0.15, 0.2) is 42.5 Å². The molecule has 0 aliphatic carbocycles. The number of carbonyl (C=O) groups is 1. The van der Waals surface area contributed by atoms with Gasteiger partial charge in [-0.25, -0.2) is 0 Å². The van der Waals surface area contributed by atoms with Crippen molar-refractivity contribution in [3.05, 3.63) is 59.2 Å². The van der Waals surface area contributed by atoms with E-state index in [1.165, 1.54) is 15.6 Å². The van der Waals surface area contributed by atoms with Crippen LogP contribution in [-0.4, -0.2) is 57.9 Å². The summed E-state index contributed by atoms with van der Waals surface area (Å²) in [6.45, 7) is 7.71. The fourth-order valence-corrected chi connectivity index (χ4v) is 5.40. The Bertz CT molecular complexity index is 1090. The lowest BCUT2D eigenvalue weighted by atomic mass is 10.0. The Kier molecular flexibility index (Phi) is 5.65. The third-order valence-corrected chi connectivity index (χ3v) is 7.35. The zero-order valence-corrected chi connectivity index (χ0v) is 18.6. The number of piperazine rings is 1. The highest BCUT2D eigenvalue weighted by atomic mass is 32.1. The number of hydrogen-bond acceptors (Lipinski definition) is 6. The van der Waals surface area contributed by atoms with E-state index in [0.717, 1.165) is 56.1 Å². The van der Waals surface area contributed by atoms with Gasteiger partial charge in [-0.2, -0.15) is 4.37 Å². The molecule has 1 saturated heterocycles. The summed E-state index contributed by atoms with van der Waals surface area (Å²) in [6, 6.07) is 14.6. The van der Waals surface area contributed by atoms with Gasteiger partial charge in [-0.1, -0.05) is 30.3 Å². The fraction of sp³-hybridized carbons (Fsp3) is 0.417.